The van der Waals surface area contributed by atoms with Gasteiger partial charge in [-0.3, -0.25) is 9.59 Å². The van der Waals surface area contributed by atoms with Crippen molar-refractivity contribution < 1.29 is 19.5 Å². The van der Waals surface area contributed by atoms with Crippen molar-refractivity contribution in [2.24, 2.45) is 5.92 Å². The summed E-state index contributed by atoms with van der Waals surface area (Å²) in [6.07, 6.45) is 3.39. The van der Waals surface area contributed by atoms with E-state index in [2.05, 4.69) is 16.0 Å². The number of nitrogens with zero attached hydrogens (tertiary/aromatic N) is 1. The minimum atomic E-state index is -0.811. The number of hydrogen-bond donors (Lipinski definition) is 4. The van der Waals surface area contributed by atoms with E-state index >= 15 is 0 Å². The number of anilines is 3. The lowest BCUT2D eigenvalue weighted by Gasteiger charge is -2.24. The smallest absolute Gasteiger partial charge is 0.322 e. The summed E-state index contributed by atoms with van der Waals surface area (Å²) in [6, 6.07) is 12.2. The largest absolute Gasteiger partial charge is 0.391 e. The maximum absolute atomic E-state index is 12.9. The van der Waals surface area contributed by atoms with E-state index in [1.54, 1.807) is 48.5 Å². The highest BCUT2D eigenvalue weighted by Crippen LogP contribution is 2.27. The molecular formula is C24H27ClN4O4. The molecule has 1 saturated carbocycles. The molecule has 2 aromatic carbocycles. The van der Waals surface area contributed by atoms with Gasteiger partial charge in [-0.1, -0.05) is 24.4 Å². The number of amides is 4. The lowest BCUT2D eigenvalue weighted by atomic mass is 10.1. The van der Waals surface area contributed by atoms with Crippen molar-refractivity contribution in [2.45, 2.75) is 44.2 Å². The van der Waals surface area contributed by atoms with Crippen molar-refractivity contribution >= 4 is 46.5 Å². The molecule has 2 aliphatic rings. The van der Waals surface area contributed by atoms with Crippen LogP contribution in [0.15, 0.2) is 48.5 Å². The van der Waals surface area contributed by atoms with Crippen LogP contribution >= 0.6 is 11.6 Å². The second-order valence-electron chi connectivity index (χ2n) is 8.53. The lowest BCUT2D eigenvalue weighted by molar-refractivity contribution is -0.120. The Morgan fingerprint density at radius 1 is 0.818 bits per heavy atom. The van der Waals surface area contributed by atoms with Gasteiger partial charge < -0.3 is 26.0 Å². The molecule has 2 fully saturated rings. The van der Waals surface area contributed by atoms with Gasteiger partial charge in [-0.25, -0.2) is 4.79 Å². The van der Waals surface area contributed by atoms with Gasteiger partial charge in [0, 0.05) is 41.0 Å². The molecule has 0 radical (unpaired) electrons. The molecule has 2 aromatic rings. The molecule has 0 aromatic heterocycles. The fraction of sp³-hybridized carbons (Fsp3) is 0.375. The van der Waals surface area contributed by atoms with Gasteiger partial charge in [-0.05, 0) is 61.4 Å². The molecule has 1 heterocycles. The number of carbonyl (C=O) groups excluding carboxylic acids is 3. The maximum Gasteiger partial charge on any atom is 0.322 e. The van der Waals surface area contributed by atoms with Crippen molar-refractivity contribution in [3.05, 3.63) is 53.6 Å². The van der Waals surface area contributed by atoms with Gasteiger partial charge >= 0.3 is 6.03 Å². The second-order valence-corrected chi connectivity index (χ2v) is 8.97. The van der Waals surface area contributed by atoms with E-state index in [9.17, 15) is 19.5 Å². The summed E-state index contributed by atoms with van der Waals surface area (Å²) in [7, 11) is 0. The van der Waals surface area contributed by atoms with Crippen molar-refractivity contribution in [1.29, 1.82) is 0 Å². The predicted molar refractivity (Wildman–Crippen MR) is 127 cm³/mol. The molecule has 4 rings (SSSR count). The first-order valence-corrected chi connectivity index (χ1v) is 11.5. The third-order valence-corrected chi connectivity index (χ3v) is 6.34. The molecule has 9 heteroatoms. The number of hydrogen-bond acceptors (Lipinski definition) is 4. The number of rotatable bonds is 5. The quantitative estimate of drug-likeness (QED) is 0.527. The van der Waals surface area contributed by atoms with Gasteiger partial charge in [0.25, 0.3) is 0 Å². The van der Waals surface area contributed by atoms with E-state index in [1.807, 2.05) is 0 Å². The zero-order valence-electron chi connectivity index (χ0n) is 18.1. The van der Waals surface area contributed by atoms with Crippen LogP contribution in [0, 0.1) is 5.92 Å². The Balaban J connectivity index is 1.35. The number of nitrogens with one attached hydrogen (secondary N) is 3. The van der Waals surface area contributed by atoms with Gasteiger partial charge in [-0.2, -0.15) is 0 Å². The van der Waals surface area contributed by atoms with Crippen molar-refractivity contribution in [3.63, 3.8) is 0 Å². The van der Waals surface area contributed by atoms with E-state index in [1.165, 1.54) is 4.90 Å². The predicted octanol–water partition coefficient (Wildman–Crippen LogP) is 4.07. The summed E-state index contributed by atoms with van der Waals surface area (Å²) < 4.78 is 0. The van der Waals surface area contributed by atoms with Crippen LogP contribution in [0.4, 0.5) is 21.9 Å². The third-order valence-electron chi connectivity index (χ3n) is 6.08. The normalized spacial score (nSPS) is 20.5. The molecule has 1 aliphatic heterocycles. The van der Waals surface area contributed by atoms with Crippen LogP contribution < -0.4 is 16.0 Å². The van der Waals surface area contributed by atoms with Crippen LogP contribution in [0.1, 0.15) is 32.1 Å². The average Bonchev–Trinajstić information content (AvgIpc) is 3.47. The first kappa shape index (κ1) is 23.1. The molecule has 4 N–H and O–H groups in total. The lowest BCUT2D eigenvalue weighted by Crippen LogP contribution is -2.45. The first-order valence-electron chi connectivity index (χ1n) is 11.1. The zero-order chi connectivity index (χ0) is 23.4. The van der Waals surface area contributed by atoms with Gasteiger partial charge in [0.2, 0.25) is 11.8 Å². The SMILES string of the molecule is O=C(Nc1ccc(NC(=O)C2CC(O)CN2C(=O)Nc2ccc(Cl)cc2)cc1)C1CCCC1. The molecule has 0 bridgehead atoms. The standard InChI is InChI=1S/C24H27ClN4O4/c25-16-5-7-19(8-6-16)28-24(33)29-14-20(30)13-21(29)23(32)27-18-11-9-17(10-12-18)26-22(31)15-3-1-2-4-15/h5-12,15,20-21,30H,1-4,13-14H2,(H,26,31)(H,27,32)(H,28,33). The number of aliphatic hydroxyl groups excluding tert-OH is 1. The summed E-state index contributed by atoms with van der Waals surface area (Å²) in [5.41, 5.74) is 1.75. The van der Waals surface area contributed by atoms with E-state index in [0.717, 1.165) is 25.7 Å². The number of halogens is 1. The molecular weight excluding hydrogens is 444 g/mol. The molecule has 1 saturated heterocycles. The second kappa shape index (κ2) is 10.2. The molecule has 4 amide bonds. The Labute approximate surface area is 197 Å². The third kappa shape index (κ3) is 5.83. The van der Waals surface area contributed by atoms with Crippen molar-refractivity contribution in [2.75, 3.05) is 22.5 Å². The summed E-state index contributed by atoms with van der Waals surface area (Å²) in [5, 5.41) is 19.1. The monoisotopic (exact) mass is 470 g/mol. The molecule has 174 valence electrons. The van der Waals surface area contributed by atoms with Crippen LogP contribution in [0.2, 0.25) is 5.02 Å². The summed E-state index contributed by atoms with van der Waals surface area (Å²) >= 11 is 5.87. The number of likely N-dealkylation sites (tertiary alicyclic amines) is 1. The Hall–Kier alpha value is -3.10. The Bertz CT molecular complexity index is 1010. The highest BCUT2D eigenvalue weighted by Gasteiger charge is 2.39. The minimum absolute atomic E-state index is 0.0339. The minimum Gasteiger partial charge on any atom is -0.391 e. The fourth-order valence-electron chi connectivity index (χ4n) is 4.31. The maximum atomic E-state index is 12.9. The molecule has 8 nitrogen and oxygen atoms in total. The van der Waals surface area contributed by atoms with Crippen LogP contribution in [0.5, 0.6) is 0 Å². The van der Waals surface area contributed by atoms with Crippen molar-refractivity contribution in [1.82, 2.24) is 4.90 Å². The molecule has 2 atom stereocenters. The molecule has 2 unspecified atom stereocenters. The Morgan fingerprint density at radius 2 is 1.33 bits per heavy atom. The van der Waals surface area contributed by atoms with Gasteiger partial charge in [0.05, 0.1) is 6.10 Å². The van der Waals surface area contributed by atoms with Crippen LogP contribution in [0.25, 0.3) is 0 Å². The van der Waals surface area contributed by atoms with E-state index in [4.69, 9.17) is 11.6 Å². The number of aliphatic hydroxyl groups is 1. The van der Waals surface area contributed by atoms with Crippen LogP contribution in [-0.2, 0) is 9.59 Å². The molecule has 1 aliphatic carbocycles. The van der Waals surface area contributed by atoms with E-state index < -0.39 is 18.2 Å². The highest BCUT2D eigenvalue weighted by atomic mass is 35.5. The van der Waals surface area contributed by atoms with Gasteiger partial charge in [0.1, 0.15) is 6.04 Å². The zero-order valence-corrected chi connectivity index (χ0v) is 18.8. The summed E-state index contributed by atoms with van der Waals surface area (Å²) in [6.45, 7) is 0.0592. The summed E-state index contributed by atoms with van der Waals surface area (Å²) in [5.74, 6) is -0.282. The fourth-order valence-corrected chi connectivity index (χ4v) is 4.44. The first-order chi connectivity index (χ1) is 15.9. The Morgan fingerprint density at radius 3 is 1.94 bits per heavy atom. The number of β-amino-alcohol motifs (C(OH)–C–C–N with tert-alkyl or cyclic N) is 1. The van der Waals surface area contributed by atoms with Gasteiger partial charge in [0.15, 0.2) is 0 Å². The average molecular weight is 471 g/mol. The van der Waals surface area contributed by atoms with E-state index in [0.29, 0.717) is 22.1 Å². The van der Waals surface area contributed by atoms with E-state index in [-0.39, 0.29) is 30.7 Å². The number of carbonyl (C=O) groups is 3. The van der Waals surface area contributed by atoms with Gasteiger partial charge in [-0.15, -0.1) is 0 Å². The highest BCUT2D eigenvalue weighted by molar-refractivity contribution is 6.30. The molecule has 33 heavy (non-hydrogen) atoms. The molecule has 0 spiro atoms. The number of urea groups is 1. The Kier molecular flexibility index (Phi) is 7.15. The van der Waals surface area contributed by atoms with Crippen LogP contribution in [-0.4, -0.2) is 46.5 Å². The summed E-state index contributed by atoms with van der Waals surface area (Å²) in [4.78, 5) is 39.2. The van der Waals surface area contributed by atoms with Crippen LogP contribution in [0.3, 0.4) is 0 Å². The number of benzene rings is 2. The van der Waals surface area contributed by atoms with Crippen molar-refractivity contribution in [3.8, 4) is 0 Å². The topological polar surface area (TPSA) is 111 Å².